The van der Waals surface area contributed by atoms with Crippen LogP contribution in [0, 0.1) is 0 Å². The molecule has 0 aromatic rings. The van der Waals surface area contributed by atoms with Crippen molar-refractivity contribution < 1.29 is 53.8 Å². The number of aliphatic carboxylic acids is 1. The van der Waals surface area contributed by atoms with E-state index in [-0.39, 0.29) is 19.4 Å². The van der Waals surface area contributed by atoms with Crippen molar-refractivity contribution in [2.24, 2.45) is 0 Å². The minimum atomic E-state index is -1.86. The molecule has 6 atom stereocenters. The van der Waals surface area contributed by atoms with E-state index >= 15 is 0 Å². The van der Waals surface area contributed by atoms with E-state index in [1.54, 1.807) is 0 Å². The number of esters is 2. The number of carbonyl (C=O) groups is 3. The molecule has 0 aliphatic carbocycles. The summed E-state index contributed by atoms with van der Waals surface area (Å²) in [6, 6.07) is 0. The maximum atomic E-state index is 12.7. The molecule has 1 aliphatic heterocycles. The normalized spacial score (nSPS) is 20.8. The summed E-state index contributed by atoms with van der Waals surface area (Å²) < 4.78 is 21.7. The van der Waals surface area contributed by atoms with E-state index in [1.807, 2.05) is 0 Å². The molecule has 4 N–H and O–H groups in total. The van der Waals surface area contributed by atoms with Gasteiger partial charge in [-0.05, 0) is 38.5 Å². The molecule has 0 amide bonds. The number of ether oxygens (including phenoxy) is 4. The minimum Gasteiger partial charge on any atom is -0.479 e. The molecule has 1 heterocycles. The standard InChI is InChI=1S/C43H76O11/c1-3-5-7-9-11-13-15-17-18-20-22-24-26-28-30-32-37(45)53-35(34-52-43-40(48)38(46)39(47)41(54-43)42(49)50)33-51-36(44)31-29-27-25-23-21-19-16-14-12-10-8-6-4-2/h8,10,14,16,35,38-41,43,46-48H,3-7,9,11-13,15,17-34H2,1-2H3,(H,49,50)/b10-8-,16-14-. The van der Waals surface area contributed by atoms with Crippen LogP contribution in [0.15, 0.2) is 24.3 Å². The number of rotatable bonds is 35. The fourth-order valence-corrected chi connectivity index (χ4v) is 6.39. The van der Waals surface area contributed by atoms with E-state index in [1.165, 1.54) is 77.0 Å². The first-order chi connectivity index (χ1) is 26.2. The monoisotopic (exact) mass is 769 g/mol. The Balaban J connectivity index is 2.40. The molecule has 0 radical (unpaired) electrons. The molecule has 314 valence electrons. The van der Waals surface area contributed by atoms with Crippen LogP contribution >= 0.6 is 0 Å². The van der Waals surface area contributed by atoms with E-state index in [9.17, 15) is 34.8 Å². The molecule has 0 spiro atoms. The third-order valence-corrected chi connectivity index (χ3v) is 9.78. The van der Waals surface area contributed by atoms with Crippen molar-refractivity contribution >= 4 is 17.9 Å². The van der Waals surface area contributed by atoms with Gasteiger partial charge in [-0.1, -0.05) is 154 Å². The predicted octanol–water partition coefficient (Wildman–Crippen LogP) is 8.65. The van der Waals surface area contributed by atoms with Crippen LogP contribution in [0.2, 0.25) is 0 Å². The van der Waals surface area contributed by atoms with E-state index in [0.717, 1.165) is 64.2 Å². The highest BCUT2D eigenvalue weighted by Crippen LogP contribution is 2.23. The Bertz CT molecular complexity index is 1000. The topological polar surface area (TPSA) is 169 Å². The van der Waals surface area contributed by atoms with Crippen molar-refractivity contribution in [3.05, 3.63) is 24.3 Å². The molecule has 54 heavy (non-hydrogen) atoms. The Kier molecular flexibility index (Phi) is 31.3. The summed E-state index contributed by atoms with van der Waals surface area (Å²) in [6.45, 7) is 3.73. The largest absolute Gasteiger partial charge is 0.479 e. The summed E-state index contributed by atoms with van der Waals surface area (Å²) in [5.74, 6) is -2.46. The smallest absolute Gasteiger partial charge is 0.335 e. The van der Waals surface area contributed by atoms with Gasteiger partial charge in [0.15, 0.2) is 18.5 Å². The summed E-state index contributed by atoms with van der Waals surface area (Å²) >= 11 is 0. The number of unbranched alkanes of at least 4 members (excludes halogenated alkanes) is 20. The molecule has 0 aromatic heterocycles. The molecule has 6 unspecified atom stereocenters. The zero-order valence-corrected chi connectivity index (χ0v) is 33.7. The lowest BCUT2D eigenvalue weighted by Gasteiger charge is -2.38. The van der Waals surface area contributed by atoms with Crippen molar-refractivity contribution in [3.8, 4) is 0 Å². The van der Waals surface area contributed by atoms with Gasteiger partial charge in [0, 0.05) is 12.8 Å². The third kappa shape index (κ3) is 25.7. The predicted molar refractivity (Wildman–Crippen MR) is 211 cm³/mol. The van der Waals surface area contributed by atoms with Gasteiger partial charge in [0.1, 0.15) is 24.9 Å². The highest BCUT2D eigenvalue weighted by atomic mass is 16.7. The number of allylic oxidation sites excluding steroid dienone is 4. The summed E-state index contributed by atoms with van der Waals surface area (Å²) in [5.41, 5.74) is 0. The molecule has 1 fully saturated rings. The van der Waals surface area contributed by atoms with Gasteiger partial charge in [-0.25, -0.2) is 4.79 Å². The molecule has 0 aromatic carbocycles. The van der Waals surface area contributed by atoms with Gasteiger partial charge in [0.05, 0.1) is 6.61 Å². The van der Waals surface area contributed by atoms with Crippen LogP contribution in [0.5, 0.6) is 0 Å². The van der Waals surface area contributed by atoms with Gasteiger partial charge in [0.25, 0.3) is 0 Å². The molecule has 1 saturated heterocycles. The van der Waals surface area contributed by atoms with E-state index < -0.39 is 61.3 Å². The summed E-state index contributed by atoms with van der Waals surface area (Å²) in [4.78, 5) is 36.7. The Morgan fingerprint density at radius 1 is 0.574 bits per heavy atom. The zero-order valence-electron chi connectivity index (χ0n) is 33.7. The van der Waals surface area contributed by atoms with Crippen LogP contribution in [0.25, 0.3) is 0 Å². The van der Waals surface area contributed by atoms with Gasteiger partial charge in [-0.15, -0.1) is 0 Å². The summed E-state index contributed by atoms with van der Waals surface area (Å²) in [5, 5.41) is 39.7. The second-order valence-electron chi connectivity index (χ2n) is 14.8. The Labute approximate surface area is 326 Å². The fourth-order valence-electron chi connectivity index (χ4n) is 6.39. The van der Waals surface area contributed by atoms with Crippen molar-refractivity contribution in [3.63, 3.8) is 0 Å². The van der Waals surface area contributed by atoms with Crippen LogP contribution in [0.1, 0.15) is 181 Å². The van der Waals surface area contributed by atoms with Gasteiger partial charge < -0.3 is 39.4 Å². The molecule has 11 nitrogen and oxygen atoms in total. The lowest BCUT2D eigenvalue weighted by molar-refractivity contribution is -0.298. The van der Waals surface area contributed by atoms with Crippen molar-refractivity contribution in [1.29, 1.82) is 0 Å². The zero-order chi connectivity index (χ0) is 39.7. The van der Waals surface area contributed by atoms with Gasteiger partial charge >= 0.3 is 17.9 Å². The highest BCUT2D eigenvalue weighted by molar-refractivity contribution is 5.73. The Morgan fingerprint density at radius 3 is 1.61 bits per heavy atom. The average Bonchev–Trinajstić information content (AvgIpc) is 3.15. The van der Waals surface area contributed by atoms with Gasteiger partial charge in [-0.2, -0.15) is 0 Å². The van der Waals surface area contributed by atoms with Gasteiger partial charge in [-0.3, -0.25) is 9.59 Å². The number of carbonyl (C=O) groups excluding carboxylic acids is 2. The van der Waals surface area contributed by atoms with Crippen LogP contribution in [0.4, 0.5) is 0 Å². The second kappa shape index (κ2) is 34.0. The highest BCUT2D eigenvalue weighted by Gasteiger charge is 2.47. The number of carboxylic acids is 1. The molecule has 11 heteroatoms. The SMILES string of the molecule is CCC/C=C\C/C=C\CCCCCCCC(=O)OCC(COC1OC(C(=O)O)C(O)C(O)C1O)OC(=O)CCCCCCCCCCCCCCCCC. The lowest BCUT2D eigenvalue weighted by atomic mass is 9.99. The van der Waals surface area contributed by atoms with E-state index in [4.69, 9.17) is 18.9 Å². The Morgan fingerprint density at radius 2 is 1.07 bits per heavy atom. The summed E-state index contributed by atoms with van der Waals surface area (Å²) in [7, 11) is 0. The van der Waals surface area contributed by atoms with Crippen LogP contribution < -0.4 is 0 Å². The summed E-state index contributed by atoms with van der Waals surface area (Å²) in [6.07, 6.45) is 26.6. The molecular weight excluding hydrogens is 692 g/mol. The van der Waals surface area contributed by atoms with Crippen LogP contribution in [-0.2, 0) is 33.3 Å². The molecule has 0 bridgehead atoms. The van der Waals surface area contributed by atoms with Crippen molar-refractivity contribution in [2.45, 2.75) is 218 Å². The quantitative estimate of drug-likeness (QED) is 0.0277. The average molecular weight is 769 g/mol. The first kappa shape index (κ1) is 49.7. The first-order valence-electron chi connectivity index (χ1n) is 21.4. The first-order valence-corrected chi connectivity index (χ1v) is 21.4. The second-order valence-corrected chi connectivity index (χ2v) is 14.8. The molecular formula is C43H76O11. The van der Waals surface area contributed by atoms with E-state index in [0.29, 0.717) is 12.8 Å². The van der Waals surface area contributed by atoms with Gasteiger partial charge in [0.2, 0.25) is 0 Å². The fraction of sp³-hybridized carbons (Fsp3) is 0.837. The van der Waals surface area contributed by atoms with Crippen molar-refractivity contribution in [1.82, 2.24) is 0 Å². The number of hydrogen-bond donors (Lipinski definition) is 4. The number of aliphatic hydroxyl groups excluding tert-OH is 3. The number of hydrogen-bond acceptors (Lipinski definition) is 10. The third-order valence-electron chi connectivity index (χ3n) is 9.78. The minimum absolute atomic E-state index is 0.184. The molecule has 1 rings (SSSR count). The number of carboxylic acid groups (broad SMARTS) is 1. The molecule has 1 aliphatic rings. The van der Waals surface area contributed by atoms with E-state index in [2.05, 4.69) is 38.2 Å². The maximum Gasteiger partial charge on any atom is 0.335 e. The number of aliphatic hydroxyl groups is 3. The van der Waals surface area contributed by atoms with Crippen molar-refractivity contribution in [2.75, 3.05) is 13.2 Å². The molecule has 0 saturated carbocycles. The van der Waals surface area contributed by atoms with Crippen LogP contribution in [0.3, 0.4) is 0 Å². The lowest BCUT2D eigenvalue weighted by Crippen LogP contribution is -2.60. The maximum absolute atomic E-state index is 12.7. The Hall–Kier alpha value is -2.31. The van der Waals surface area contributed by atoms with Crippen LogP contribution in [-0.4, -0.2) is 88.4 Å².